The van der Waals surface area contributed by atoms with Crippen LogP contribution in [0.4, 0.5) is 15.8 Å². The third kappa shape index (κ3) is 4.59. The Kier molecular flexibility index (Phi) is 5.33. The van der Waals surface area contributed by atoms with Crippen LogP contribution in [0.25, 0.3) is 0 Å². The van der Waals surface area contributed by atoms with E-state index in [1.54, 1.807) is 24.3 Å². The fourth-order valence-electron chi connectivity index (χ4n) is 2.22. The zero-order valence-electron chi connectivity index (χ0n) is 13.7. The van der Waals surface area contributed by atoms with Gasteiger partial charge in [0.15, 0.2) is 0 Å². The minimum atomic E-state index is -0.551. The van der Waals surface area contributed by atoms with Crippen LogP contribution in [-0.2, 0) is 0 Å². The Morgan fingerprint density at radius 3 is 2.30 bits per heavy atom. The number of rotatable bonds is 5. The van der Waals surface area contributed by atoms with E-state index in [1.165, 1.54) is 42.5 Å². The van der Waals surface area contributed by atoms with Gasteiger partial charge in [0.05, 0.1) is 9.95 Å². The summed E-state index contributed by atoms with van der Waals surface area (Å²) in [7, 11) is 0. The molecule has 0 aliphatic heterocycles. The van der Waals surface area contributed by atoms with Crippen molar-refractivity contribution in [1.29, 1.82) is 0 Å². The van der Waals surface area contributed by atoms with Crippen LogP contribution >= 0.6 is 11.6 Å². The SMILES string of the molecule is O=C(Nc1ccc(F)cc1)c1ccc(Oc2ccc([N+](=O)[O-])cc2Cl)cc1. The molecule has 3 aromatic carbocycles. The van der Waals surface area contributed by atoms with E-state index in [1.807, 2.05) is 0 Å². The number of benzene rings is 3. The monoisotopic (exact) mass is 386 g/mol. The van der Waals surface area contributed by atoms with Gasteiger partial charge in [-0.3, -0.25) is 14.9 Å². The Morgan fingerprint density at radius 1 is 1.04 bits per heavy atom. The Labute approximate surface area is 158 Å². The Balaban J connectivity index is 1.69. The predicted octanol–water partition coefficient (Wildman–Crippen LogP) is 5.43. The van der Waals surface area contributed by atoms with Gasteiger partial charge in [-0.2, -0.15) is 0 Å². The molecule has 3 rings (SSSR count). The number of ether oxygens (including phenoxy) is 1. The molecule has 0 heterocycles. The molecule has 3 aromatic rings. The van der Waals surface area contributed by atoms with Gasteiger partial charge < -0.3 is 10.1 Å². The summed E-state index contributed by atoms with van der Waals surface area (Å²) in [4.78, 5) is 22.4. The first kappa shape index (κ1) is 18.3. The van der Waals surface area contributed by atoms with Crippen molar-refractivity contribution in [2.75, 3.05) is 5.32 Å². The number of nitrogens with zero attached hydrogens (tertiary/aromatic N) is 1. The molecule has 0 bridgehead atoms. The summed E-state index contributed by atoms with van der Waals surface area (Å²) < 4.78 is 18.5. The first-order valence-corrected chi connectivity index (χ1v) is 8.09. The molecule has 0 fully saturated rings. The molecular weight excluding hydrogens is 375 g/mol. The number of hydrogen-bond acceptors (Lipinski definition) is 4. The van der Waals surface area contributed by atoms with Crippen LogP contribution < -0.4 is 10.1 Å². The van der Waals surface area contributed by atoms with Gasteiger partial charge >= 0.3 is 0 Å². The Bertz CT molecular complexity index is 992. The van der Waals surface area contributed by atoms with Gasteiger partial charge in [-0.1, -0.05) is 11.6 Å². The van der Waals surface area contributed by atoms with Crippen LogP contribution in [0.5, 0.6) is 11.5 Å². The number of non-ortho nitro benzene ring substituents is 1. The molecule has 0 aliphatic rings. The molecule has 0 saturated carbocycles. The number of carbonyl (C=O) groups is 1. The minimum Gasteiger partial charge on any atom is -0.456 e. The highest BCUT2D eigenvalue weighted by atomic mass is 35.5. The molecule has 27 heavy (non-hydrogen) atoms. The van der Waals surface area contributed by atoms with Crippen molar-refractivity contribution in [3.63, 3.8) is 0 Å². The normalized spacial score (nSPS) is 10.3. The Hall–Kier alpha value is -3.45. The average molecular weight is 387 g/mol. The molecule has 6 nitrogen and oxygen atoms in total. The summed E-state index contributed by atoms with van der Waals surface area (Å²) in [6, 6.07) is 15.5. The van der Waals surface area contributed by atoms with Gasteiger partial charge in [0.2, 0.25) is 0 Å². The molecular formula is C19H12ClFN2O4. The van der Waals surface area contributed by atoms with Crippen molar-refractivity contribution >= 4 is 28.9 Å². The highest BCUT2D eigenvalue weighted by molar-refractivity contribution is 6.32. The third-order valence-corrected chi connectivity index (χ3v) is 3.87. The van der Waals surface area contributed by atoms with Gasteiger partial charge in [0.25, 0.3) is 11.6 Å². The molecule has 0 saturated heterocycles. The maximum atomic E-state index is 12.9. The number of hydrogen-bond donors (Lipinski definition) is 1. The quantitative estimate of drug-likeness (QED) is 0.468. The zero-order chi connectivity index (χ0) is 19.4. The third-order valence-electron chi connectivity index (χ3n) is 3.57. The van der Waals surface area contributed by atoms with E-state index >= 15 is 0 Å². The van der Waals surface area contributed by atoms with Gasteiger partial charge in [0, 0.05) is 23.4 Å². The van der Waals surface area contributed by atoms with Crippen molar-refractivity contribution in [3.8, 4) is 11.5 Å². The summed E-state index contributed by atoms with van der Waals surface area (Å²) in [6.07, 6.45) is 0. The van der Waals surface area contributed by atoms with E-state index < -0.39 is 4.92 Å². The van der Waals surface area contributed by atoms with Crippen LogP contribution in [-0.4, -0.2) is 10.8 Å². The first-order valence-electron chi connectivity index (χ1n) is 7.71. The number of amides is 1. The Morgan fingerprint density at radius 2 is 1.70 bits per heavy atom. The van der Waals surface area contributed by atoms with Crippen molar-refractivity contribution < 1.29 is 18.8 Å². The fourth-order valence-corrected chi connectivity index (χ4v) is 2.44. The topological polar surface area (TPSA) is 81.5 Å². The fraction of sp³-hybridized carbons (Fsp3) is 0. The standard InChI is InChI=1S/C19H12ClFN2O4/c20-17-11-15(23(25)26)7-10-18(17)27-16-8-1-12(2-9-16)19(24)22-14-5-3-13(21)4-6-14/h1-11H,(H,22,24). The summed E-state index contributed by atoms with van der Waals surface area (Å²) in [5.41, 5.74) is 0.709. The molecule has 0 unspecified atom stereocenters. The van der Waals surface area contributed by atoms with E-state index in [0.717, 1.165) is 0 Å². The lowest BCUT2D eigenvalue weighted by Crippen LogP contribution is -2.11. The molecule has 0 atom stereocenters. The molecule has 0 aromatic heterocycles. The predicted molar refractivity (Wildman–Crippen MR) is 99.0 cm³/mol. The van der Waals surface area contributed by atoms with E-state index in [2.05, 4.69) is 5.32 Å². The zero-order valence-corrected chi connectivity index (χ0v) is 14.4. The van der Waals surface area contributed by atoms with Crippen LogP contribution in [0.3, 0.4) is 0 Å². The smallest absolute Gasteiger partial charge is 0.271 e. The summed E-state index contributed by atoms with van der Waals surface area (Å²) >= 11 is 5.99. The molecule has 0 aliphatic carbocycles. The summed E-state index contributed by atoms with van der Waals surface area (Å²) in [5, 5.41) is 13.5. The van der Waals surface area contributed by atoms with Gasteiger partial charge in [0.1, 0.15) is 17.3 Å². The largest absolute Gasteiger partial charge is 0.456 e. The number of nitrogens with one attached hydrogen (secondary N) is 1. The number of halogens is 2. The van der Waals surface area contributed by atoms with Crippen LogP contribution in [0.15, 0.2) is 66.7 Å². The van der Waals surface area contributed by atoms with E-state index in [0.29, 0.717) is 17.0 Å². The summed E-state index contributed by atoms with van der Waals surface area (Å²) in [5.74, 6) is -0.0872. The molecule has 8 heteroatoms. The summed E-state index contributed by atoms with van der Waals surface area (Å²) in [6.45, 7) is 0. The van der Waals surface area contributed by atoms with E-state index in [9.17, 15) is 19.3 Å². The van der Waals surface area contributed by atoms with Crippen molar-refractivity contribution in [1.82, 2.24) is 0 Å². The molecule has 0 spiro atoms. The second-order valence-corrected chi connectivity index (χ2v) is 5.87. The van der Waals surface area contributed by atoms with Crippen molar-refractivity contribution in [2.24, 2.45) is 0 Å². The van der Waals surface area contributed by atoms with Gasteiger partial charge in [-0.05, 0) is 54.6 Å². The highest BCUT2D eigenvalue weighted by Crippen LogP contribution is 2.32. The lowest BCUT2D eigenvalue weighted by Gasteiger charge is -2.09. The van der Waals surface area contributed by atoms with Gasteiger partial charge in [-0.15, -0.1) is 0 Å². The first-order chi connectivity index (χ1) is 12.9. The van der Waals surface area contributed by atoms with E-state index in [-0.39, 0.29) is 28.2 Å². The number of anilines is 1. The van der Waals surface area contributed by atoms with Crippen LogP contribution in [0, 0.1) is 15.9 Å². The van der Waals surface area contributed by atoms with Crippen LogP contribution in [0.2, 0.25) is 5.02 Å². The van der Waals surface area contributed by atoms with Gasteiger partial charge in [-0.25, -0.2) is 4.39 Å². The van der Waals surface area contributed by atoms with Crippen molar-refractivity contribution in [2.45, 2.75) is 0 Å². The molecule has 1 N–H and O–H groups in total. The maximum Gasteiger partial charge on any atom is 0.271 e. The average Bonchev–Trinajstić information content (AvgIpc) is 2.65. The molecule has 0 radical (unpaired) electrons. The lowest BCUT2D eigenvalue weighted by molar-refractivity contribution is -0.384. The minimum absolute atomic E-state index is 0.0994. The number of carbonyl (C=O) groups excluding carboxylic acids is 1. The number of nitro benzene ring substituents is 1. The highest BCUT2D eigenvalue weighted by Gasteiger charge is 2.12. The second-order valence-electron chi connectivity index (χ2n) is 5.46. The number of nitro groups is 1. The molecule has 136 valence electrons. The molecule has 1 amide bonds. The lowest BCUT2D eigenvalue weighted by atomic mass is 10.2. The van der Waals surface area contributed by atoms with Crippen LogP contribution in [0.1, 0.15) is 10.4 Å². The maximum absolute atomic E-state index is 12.9. The van der Waals surface area contributed by atoms with Crippen molar-refractivity contribution in [3.05, 3.63) is 93.2 Å². The second kappa shape index (κ2) is 7.84. The van der Waals surface area contributed by atoms with E-state index in [4.69, 9.17) is 16.3 Å².